The van der Waals surface area contributed by atoms with Crippen molar-refractivity contribution >= 4 is 11.9 Å². The van der Waals surface area contributed by atoms with Crippen LogP contribution in [-0.4, -0.2) is 36.7 Å². The molecule has 1 atom stereocenters. The minimum absolute atomic E-state index is 0.369. The maximum Gasteiger partial charge on any atom is 0.326 e. The Kier molecular flexibility index (Phi) is 6.52. The van der Waals surface area contributed by atoms with Crippen LogP contribution in [0.25, 0.3) is 0 Å². The highest BCUT2D eigenvalue weighted by atomic mass is 16.5. The molecule has 0 fully saturated rings. The topological polar surface area (TPSA) is 102 Å². The quantitative estimate of drug-likeness (QED) is 0.617. The van der Waals surface area contributed by atoms with Gasteiger partial charge in [-0.1, -0.05) is 0 Å². The Balaban J connectivity index is 2.62. The van der Waals surface area contributed by atoms with Crippen molar-refractivity contribution in [2.45, 2.75) is 25.3 Å². The lowest BCUT2D eigenvalue weighted by molar-refractivity contribution is -0.139. The summed E-state index contributed by atoms with van der Waals surface area (Å²) in [5, 5.41) is 11.6. The zero-order chi connectivity index (χ0) is 15.0. The number of nitrogens with one attached hydrogen (secondary N) is 1. The molecule has 6 nitrogen and oxygen atoms in total. The SMILES string of the molecule is COc1ccc(C(=O)NC(CCCCN)C(=O)O)cc1. The number of methoxy groups -OCH3 is 1. The van der Waals surface area contributed by atoms with E-state index in [0.29, 0.717) is 30.7 Å². The van der Waals surface area contributed by atoms with Crippen molar-refractivity contribution in [3.8, 4) is 5.75 Å². The molecule has 4 N–H and O–H groups in total. The van der Waals surface area contributed by atoms with E-state index in [1.807, 2.05) is 0 Å². The van der Waals surface area contributed by atoms with Crippen LogP contribution in [0.1, 0.15) is 29.6 Å². The van der Waals surface area contributed by atoms with E-state index in [0.717, 1.165) is 6.42 Å². The van der Waals surface area contributed by atoms with Crippen LogP contribution in [0.2, 0.25) is 0 Å². The fourth-order valence-corrected chi connectivity index (χ4v) is 1.73. The van der Waals surface area contributed by atoms with Crippen LogP contribution in [0.15, 0.2) is 24.3 Å². The molecule has 20 heavy (non-hydrogen) atoms. The van der Waals surface area contributed by atoms with Crippen molar-refractivity contribution in [1.82, 2.24) is 5.32 Å². The Morgan fingerprint density at radius 2 is 1.95 bits per heavy atom. The van der Waals surface area contributed by atoms with Crippen molar-refractivity contribution in [2.75, 3.05) is 13.7 Å². The first-order chi connectivity index (χ1) is 9.58. The van der Waals surface area contributed by atoms with Gasteiger partial charge in [-0.2, -0.15) is 0 Å². The summed E-state index contributed by atoms with van der Waals surface area (Å²) in [5.74, 6) is -0.809. The van der Waals surface area contributed by atoms with Gasteiger partial charge in [0.15, 0.2) is 0 Å². The zero-order valence-electron chi connectivity index (χ0n) is 11.5. The second kappa shape index (κ2) is 8.16. The fourth-order valence-electron chi connectivity index (χ4n) is 1.73. The highest BCUT2D eigenvalue weighted by Gasteiger charge is 2.20. The maximum atomic E-state index is 12.0. The van der Waals surface area contributed by atoms with Crippen LogP contribution in [0.4, 0.5) is 0 Å². The molecule has 0 aliphatic rings. The molecule has 1 aromatic carbocycles. The van der Waals surface area contributed by atoms with E-state index in [4.69, 9.17) is 15.6 Å². The van der Waals surface area contributed by atoms with Crippen LogP contribution in [0.5, 0.6) is 5.75 Å². The molecule has 0 aromatic heterocycles. The highest BCUT2D eigenvalue weighted by Crippen LogP contribution is 2.11. The lowest BCUT2D eigenvalue weighted by atomic mass is 10.1. The van der Waals surface area contributed by atoms with Crippen LogP contribution in [-0.2, 0) is 4.79 Å². The lowest BCUT2D eigenvalue weighted by Gasteiger charge is -2.14. The smallest absolute Gasteiger partial charge is 0.326 e. The predicted octanol–water partition coefficient (Wildman–Crippen LogP) is 1.01. The van der Waals surface area contributed by atoms with E-state index in [1.54, 1.807) is 24.3 Å². The minimum atomic E-state index is -1.04. The Morgan fingerprint density at radius 1 is 1.30 bits per heavy atom. The molecule has 0 spiro atoms. The summed E-state index contributed by atoms with van der Waals surface area (Å²) in [6.45, 7) is 0.513. The summed E-state index contributed by atoms with van der Waals surface area (Å²) < 4.78 is 5.00. The molecule has 1 amide bonds. The summed E-state index contributed by atoms with van der Waals surface area (Å²) in [5.41, 5.74) is 5.76. The van der Waals surface area contributed by atoms with Crippen molar-refractivity contribution in [2.24, 2.45) is 5.73 Å². The van der Waals surface area contributed by atoms with Gasteiger partial charge in [0, 0.05) is 5.56 Å². The summed E-state index contributed by atoms with van der Waals surface area (Å²) >= 11 is 0. The molecule has 0 aliphatic heterocycles. The number of rotatable bonds is 8. The molecular weight excluding hydrogens is 260 g/mol. The monoisotopic (exact) mass is 280 g/mol. The number of unbranched alkanes of at least 4 members (excludes halogenated alkanes) is 1. The number of amides is 1. The first kappa shape index (κ1) is 16.0. The second-order valence-corrected chi connectivity index (χ2v) is 4.38. The van der Waals surface area contributed by atoms with Gasteiger partial charge in [-0.25, -0.2) is 4.79 Å². The van der Waals surface area contributed by atoms with E-state index in [-0.39, 0.29) is 0 Å². The number of ether oxygens (including phenoxy) is 1. The molecule has 0 heterocycles. The van der Waals surface area contributed by atoms with Crippen LogP contribution in [0, 0.1) is 0 Å². The van der Waals surface area contributed by atoms with E-state index >= 15 is 0 Å². The zero-order valence-corrected chi connectivity index (χ0v) is 11.5. The van der Waals surface area contributed by atoms with Gasteiger partial charge >= 0.3 is 5.97 Å². The molecule has 6 heteroatoms. The van der Waals surface area contributed by atoms with Crippen molar-refractivity contribution in [3.05, 3.63) is 29.8 Å². The van der Waals surface area contributed by atoms with Gasteiger partial charge < -0.3 is 20.9 Å². The standard InChI is InChI=1S/C14H20N2O4/c1-20-11-7-5-10(6-8-11)13(17)16-12(14(18)19)4-2-3-9-15/h5-8,12H,2-4,9,15H2,1H3,(H,16,17)(H,18,19). The first-order valence-corrected chi connectivity index (χ1v) is 6.46. The molecule has 1 aromatic rings. The van der Waals surface area contributed by atoms with Crippen LogP contribution < -0.4 is 15.8 Å². The summed E-state index contributed by atoms with van der Waals surface area (Å²) in [6.07, 6.45) is 1.77. The van der Waals surface area contributed by atoms with Crippen molar-refractivity contribution < 1.29 is 19.4 Å². The van der Waals surface area contributed by atoms with Gasteiger partial charge in [0.2, 0.25) is 0 Å². The third-order valence-electron chi connectivity index (χ3n) is 2.90. The summed E-state index contributed by atoms with van der Waals surface area (Å²) in [7, 11) is 1.53. The van der Waals surface area contributed by atoms with Crippen LogP contribution >= 0.6 is 0 Å². The van der Waals surface area contributed by atoms with Gasteiger partial charge in [-0.05, 0) is 50.1 Å². The van der Waals surface area contributed by atoms with Crippen molar-refractivity contribution in [3.63, 3.8) is 0 Å². The molecular formula is C14H20N2O4. The highest BCUT2D eigenvalue weighted by molar-refractivity contribution is 5.96. The Bertz CT molecular complexity index is 445. The third-order valence-corrected chi connectivity index (χ3v) is 2.90. The molecule has 1 unspecified atom stereocenters. The largest absolute Gasteiger partial charge is 0.497 e. The normalized spacial score (nSPS) is 11.7. The van der Waals surface area contributed by atoms with Gasteiger partial charge in [0.25, 0.3) is 5.91 Å². The number of aliphatic carboxylic acids is 1. The molecule has 110 valence electrons. The number of carbonyl (C=O) groups excluding carboxylic acids is 1. The fraction of sp³-hybridized carbons (Fsp3) is 0.429. The minimum Gasteiger partial charge on any atom is -0.497 e. The predicted molar refractivity (Wildman–Crippen MR) is 74.8 cm³/mol. The molecule has 0 saturated heterocycles. The van der Waals surface area contributed by atoms with E-state index < -0.39 is 17.9 Å². The van der Waals surface area contributed by atoms with Gasteiger partial charge in [0.05, 0.1) is 7.11 Å². The van der Waals surface area contributed by atoms with Gasteiger partial charge in [-0.15, -0.1) is 0 Å². The average molecular weight is 280 g/mol. The molecule has 0 aliphatic carbocycles. The van der Waals surface area contributed by atoms with Crippen molar-refractivity contribution in [1.29, 1.82) is 0 Å². The molecule has 0 bridgehead atoms. The number of benzene rings is 1. The number of hydrogen-bond acceptors (Lipinski definition) is 4. The first-order valence-electron chi connectivity index (χ1n) is 6.46. The van der Waals surface area contributed by atoms with E-state index in [9.17, 15) is 9.59 Å². The number of hydrogen-bond donors (Lipinski definition) is 3. The number of nitrogens with two attached hydrogens (primary N) is 1. The van der Waals surface area contributed by atoms with E-state index in [2.05, 4.69) is 5.32 Å². The van der Waals surface area contributed by atoms with E-state index in [1.165, 1.54) is 7.11 Å². The Morgan fingerprint density at radius 3 is 2.45 bits per heavy atom. The number of carboxylic acid groups (broad SMARTS) is 1. The molecule has 1 rings (SSSR count). The third kappa shape index (κ3) is 4.89. The maximum absolute atomic E-state index is 12.0. The van der Waals surface area contributed by atoms with Gasteiger partial charge in [0.1, 0.15) is 11.8 Å². The molecule has 0 saturated carbocycles. The Labute approximate surface area is 117 Å². The number of carbonyl (C=O) groups is 2. The average Bonchev–Trinajstić information content (AvgIpc) is 2.46. The molecule has 0 radical (unpaired) electrons. The van der Waals surface area contributed by atoms with Gasteiger partial charge in [-0.3, -0.25) is 4.79 Å². The second-order valence-electron chi connectivity index (χ2n) is 4.38. The Hall–Kier alpha value is -2.08. The summed E-state index contributed by atoms with van der Waals surface area (Å²) in [4.78, 5) is 23.0. The van der Waals surface area contributed by atoms with Crippen LogP contribution in [0.3, 0.4) is 0 Å². The lowest BCUT2D eigenvalue weighted by Crippen LogP contribution is -2.40. The number of carboxylic acids is 1. The summed E-state index contributed by atoms with van der Waals surface area (Å²) in [6, 6.07) is 5.59.